The fourth-order valence-corrected chi connectivity index (χ4v) is 2.30. The first-order chi connectivity index (χ1) is 12.0. The highest BCUT2D eigenvalue weighted by Gasteiger charge is 2.14. The van der Waals surface area contributed by atoms with Crippen molar-refractivity contribution in [3.05, 3.63) is 53.8 Å². The Labute approximate surface area is 144 Å². The number of anilines is 1. The van der Waals surface area contributed by atoms with Crippen LogP contribution in [0.2, 0.25) is 0 Å². The number of nitrogens with zero attached hydrogens (tertiary/aromatic N) is 2. The summed E-state index contributed by atoms with van der Waals surface area (Å²) in [7, 11) is 0. The largest absolute Gasteiger partial charge is 0.469 e. The van der Waals surface area contributed by atoms with Crippen molar-refractivity contribution in [1.82, 2.24) is 10.2 Å². The number of hydrogen-bond acceptors (Lipinski definition) is 6. The lowest BCUT2D eigenvalue weighted by atomic mass is 10.1. The number of aromatic nitrogens is 2. The molecule has 7 heteroatoms. The maximum atomic E-state index is 12.0. The van der Waals surface area contributed by atoms with Crippen molar-refractivity contribution < 1.29 is 18.4 Å². The van der Waals surface area contributed by atoms with Gasteiger partial charge in [0.25, 0.3) is 5.89 Å². The summed E-state index contributed by atoms with van der Waals surface area (Å²) >= 11 is 0. The molecule has 0 fully saturated rings. The average molecular weight is 339 g/mol. The molecule has 0 saturated heterocycles. The summed E-state index contributed by atoms with van der Waals surface area (Å²) in [5.41, 5.74) is 1.98. The van der Waals surface area contributed by atoms with Gasteiger partial charge in [-0.2, -0.15) is 0 Å². The third kappa shape index (κ3) is 4.00. The van der Waals surface area contributed by atoms with Gasteiger partial charge >= 0.3 is 0 Å². The minimum atomic E-state index is -0.171. The summed E-state index contributed by atoms with van der Waals surface area (Å²) in [6.07, 6.45) is 2.10. The van der Waals surface area contributed by atoms with Crippen LogP contribution in [0.1, 0.15) is 35.4 Å². The first-order valence-corrected chi connectivity index (χ1v) is 7.80. The SMILES string of the molecule is CC(=O)c1ccc(NC(=O)CCc2nnc(-c3ccoc3C)o2)cc1. The van der Waals surface area contributed by atoms with E-state index in [1.54, 1.807) is 36.6 Å². The van der Waals surface area contributed by atoms with Crippen LogP contribution in [-0.2, 0) is 11.2 Å². The first-order valence-electron chi connectivity index (χ1n) is 7.80. The molecule has 128 valence electrons. The summed E-state index contributed by atoms with van der Waals surface area (Å²) in [5, 5.41) is 10.7. The fraction of sp³-hybridized carbons (Fsp3) is 0.222. The Hall–Kier alpha value is -3.22. The maximum Gasteiger partial charge on any atom is 0.251 e. The standard InChI is InChI=1S/C18H17N3O4/c1-11(22)13-3-5-14(6-4-13)19-16(23)7-8-17-20-21-18(25-17)15-9-10-24-12(15)2/h3-6,9-10H,7-8H2,1-2H3,(H,19,23). The van der Waals surface area contributed by atoms with Crippen molar-refractivity contribution in [1.29, 1.82) is 0 Å². The lowest BCUT2D eigenvalue weighted by Gasteiger charge is -2.04. The van der Waals surface area contributed by atoms with Gasteiger partial charge in [0.15, 0.2) is 5.78 Å². The molecule has 0 saturated carbocycles. The lowest BCUT2D eigenvalue weighted by molar-refractivity contribution is -0.116. The average Bonchev–Trinajstić information content (AvgIpc) is 3.22. The molecular formula is C18H17N3O4. The van der Waals surface area contributed by atoms with Crippen molar-refractivity contribution in [2.45, 2.75) is 26.7 Å². The number of nitrogens with one attached hydrogen (secondary N) is 1. The van der Waals surface area contributed by atoms with Crippen molar-refractivity contribution in [3.63, 3.8) is 0 Å². The topological polar surface area (TPSA) is 98.2 Å². The Bertz CT molecular complexity index is 893. The van der Waals surface area contributed by atoms with E-state index in [2.05, 4.69) is 15.5 Å². The van der Waals surface area contributed by atoms with Crippen molar-refractivity contribution in [2.75, 3.05) is 5.32 Å². The summed E-state index contributed by atoms with van der Waals surface area (Å²) in [5.74, 6) is 1.27. The van der Waals surface area contributed by atoms with E-state index in [1.807, 2.05) is 6.92 Å². The van der Waals surface area contributed by atoms with Gasteiger partial charge < -0.3 is 14.2 Å². The molecule has 2 heterocycles. The molecule has 0 spiro atoms. The fourth-order valence-electron chi connectivity index (χ4n) is 2.30. The number of amides is 1. The summed E-state index contributed by atoms with van der Waals surface area (Å²) in [6.45, 7) is 3.31. The molecule has 7 nitrogen and oxygen atoms in total. The predicted molar refractivity (Wildman–Crippen MR) is 90.1 cm³/mol. The van der Waals surface area contributed by atoms with E-state index in [0.717, 1.165) is 5.56 Å². The van der Waals surface area contributed by atoms with Gasteiger partial charge in [0.2, 0.25) is 11.8 Å². The maximum absolute atomic E-state index is 12.0. The van der Waals surface area contributed by atoms with Crippen LogP contribution in [0.3, 0.4) is 0 Å². The number of carbonyl (C=O) groups excluding carboxylic acids is 2. The van der Waals surface area contributed by atoms with Crippen molar-refractivity contribution in [2.24, 2.45) is 0 Å². The van der Waals surface area contributed by atoms with Crippen LogP contribution >= 0.6 is 0 Å². The highest BCUT2D eigenvalue weighted by Crippen LogP contribution is 2.23. The van der Waals surface area contributed by atoms with E-state index >= 15 is 0 Å². The Balaban J connectivity index is 1.55. The number of benzene rings is 1. The Morgan fingerprint density at radius 1 is 1.12 bits per heavy atom. The summed E-state index contributed by atoms with van der Waals surface area (Å²) < 4.78 is 10.8. The number of carbonyl (C=O) groups is 2. The molecule has 3 rings (SSSR count). The predicted octanol–water partition coefficient (Wildman–Crippen LogP) is 3.41. The second-order valence-corrected chi connectivity index (χ2v) is 5.57. The van der Waals surface area contributed by atoms with Gasteiger partial charge in [0.05, 0.1) is 11.8 Å². The van der Waals surface area contributed by atoms with E-state index in [-0.39, 0.29) is 18.1 Å². The Morgan fingerprint density at radius 2 is 1.88 bits per heavy atom. The van der Waals surface area contributed by atoms with Gasteiger partial charge in [0, 0.05) is 24.1 Å². The molecule has 2 aromatic heterocycles. The molecule has 0 atom stereocenters. The monoisotopic (exact) mass is 339 g/mol. The van der Waals surface area contributed by atoms with Crippen LogP contribution in [0.4, 0.5) is 5.69 Å². The quantitative estimate of drug-likeness (QED) is 0.691. The molecule has 0 aliphatic heterocycles. The van der Waals surface area contributed by atoms with Crippen LogP contribution in [0.5, 0.6) is 0 Å². The van der Waals surface area contributed by atoms with Crippen molar-refractivity contribution in [3.8, 4) is 11.5 Å². The van der Waals surface area contributed by atoms with Gasteiger partial charge in [-0.05, 0) is 44.2 Å². The molecular weight excluding hydrogens is 322 g/mol. The van der Waals surface area contributed by atoms with E-state index in [0.29, 0.717) is 35.2 Å². The van der Waals surface area contributed by atoms with Gasteiger partial charge in [0.1, 0.15) is 5.76 Å². The zero-order chi connectivity index (χ0) is 17.8. The summed E-state index contributed by atoms with van der Waals surface area (Å²) in [6, 6.07) is 8.50. The van der Waals surface area contributed by atoms with Crippen LogP contribution in [0.25, 0.3) is 11.5 Å². The zero-order valence-corrected chi connectivity index (χ0v) is 13.9. The number of aryl methyl sites for hydroxylation is 2. The van der Waals surface area contributed by atoms with Crippen LogP contribution < -0.4 is 5.32 Å². The normalized spacial score (nSPS) is 10.6. The molecule has 1 aromatic carbocycles. The molecule has 0 aliphatic rings. The number of furan rings is 1. The molecule has 1 N–H and O–H groups in total. The van der Waals surface area contributed by atoms with Gasteiger partial charge in [-0.3, -0.25) is 9.59 Å². The molecule has 0 bridgehead atoms. The van der Waals surface area contributed by atoms with E-state index < -0.39 is 0 Å². The van der Waals surface area contributed by atoms with Crippen LogP contribution in [0, 0.1) is 6.92 Å². The summed E-state index contributed by atoms with van der Waals surface area (Å²) in [4.78, 5) is 23.2. The molecule has 0 aliphatic carbocycles. The third-order valence-corrected chi connectivity index (χ3v) is 3.70. The van der Waals surface area contributed by atoms with E-state index in [4.69, 9.17) is 8.83 Å². The third-order valence-electron chi connectivity index (χ3n) is 3.70. The number of hydrogen-bond donors (Lipinski definition) is 1. The Kier molecular flexibility index (Phi) is 4.74. The van der Waals surface area contributed by atoms with Gasteiger partial charge in [-0.25, -0.2) is 0 Å². The minimum absolute atomic E-state index is 0.0158. The number of Topliss-reactive ketones (excluding diaryl/α,β-unsaturated/α-hetero) is 1. The van der Waals surface area contributed by atoms with Crippen LogP contribution in [0.15, 0.2) is 45.4 Å². The lowest BCUT2D eigenvalue weighted by Crippen LogP contribution is -2.12. The molecule has 0 radical (unpaired) electrons. The Morgan fingerprint density at radius 3 is 2.52 bits per heavy atom. The molecule has 0 unspecified atom stereocenters. The molecule has 1 amide bonds. The van der Waals surface area contributed by atoms with E-state index in [9.17, 15) is 9.59 Å². The van der Waals surface area contributed by atoms with Crippen LogP contribution in [-0.4, -0.2) is 21.9 Å². The number of rotatable bonds is 6. The molecule has 25 heavy (non-hydrogen) atoms. The highest BCUT2D eigenvalue weighted by molar-refractivity contribution is 5.95. The van der Waals surface area contributed by atoms with Gasteiger partial charge in [-0.15, -0.1) is 10.2 Å². The van der Waals surface area contributed by atoms with Crippen molar-refractivity contribution >= 4 is 17.4 Å². The van der Waals surface area contributed by atoms with Gasteiger partial charge in [-0.1, -0.05) is 0 Å². The second kappa shape index (κ2) is 7.12. The molecule has 3 aromatic rings. The number of ketones is 1. The van der Waals surface area contributed by atoms with E-state index in [1.165, 1.54) is 6.92 Å². The zero-order valence-electron chi connectivity index (χ0n) is 13.9. The minimum Gasteiger partial charge on any atom is -0.469 e. The second-order valence-electron chi connectivity index (χ2n) is 5.57. The first kappa shape index (κ1) is 16.6. The highest BCUT2D eigenvalue weighted by atomic mass is 16.4. The smallest absolute Gasteiger partial charge is 0.251 e.